The van der Waals surface area contributed by atoms with Gasteiger partial charge in [0.15, 0.2) is 0 Å². The van der Waals surface area contributed by atoms with E-state index >= 15 is 0 Å². The highest BCUT2D eigenvalue weighted by Crippen LogP contribution is 2.04. The van der Waals surface area contributed by atoms with Crippen LogP contribution in [0.1, 0.15) is 18.9 Å². The average molecular weight is 295 g/mol. The van der Waals surface area contributed by atoms with E-state index in [1.807, 2.05) is 19.1 Å². The Morgan fingerprint density at radius 2 is 2.10 bits per heavy atom. The van der Waals surface area contributed by atoms with Gasteiger partial charge in [0.25, 0.3) is 0 Å². The molecule has 0 aromatic carbocycles. The van der Waals surface area contributed by atoms with Gasteiger partial charge in [-0.15, -0.1) is 0 Å². The van der Waals surface area contributed by atoms with E-state index in [1.54, 1.807) is 17.3 Å². The number of carboxylic acids is 1. The normalized spacial score (nSPS) is 11.7. The third-order valence-electron chi connectivity index (χ3n) is 3.01. The molecule has 2 amide bonds. The molecule has 1 aromatic rings. The van der Waals surface area contributed by atoms with Crippen LogP contribution in [0.4, 0.5) is 4.79 Å². The number of aromatic nitrogens is 1. The first-order valence-electron chi connectivity index (χ1n) is 6.73. The van der Waals surface area contributed by atoms with Crippen molar-refractivity contribution in [2.45, 2.75) is 26.0 Å². The highest BCUT2D eigenvalue weighted by Gasteiger charge is 2.16. The maximum absolute atomic E-state index is 12.1. The number of pyridine rings is 1. The third kappa shape index (κ3) is 6.22. The quantitative estimate of drug-likeness (QED) is 0.749. The van der Waals surface area contributed by atoms with Gasteiger partial charge in [-0.3, -0.25) is 9.78 Å². The number of carbonyl (C=O) groups is 2. The highest BCUT2D eigenvalue weighted by atomic mass is 16.5. The smallest absolute Gasteiger partial charge is 0.317 e. The molecule has 1 rings (SSSR count). The summed E-state index contributed by atoms with van der Waals surface area (Å²) < 4.78 is 5.02. The van der Waals surface area contributed by atoms with Crippen molar-refractivity contribution < 1.29 is 19.4 Å². The van der Waals surface area contributed by atoms with Gasteiger partial charge in [0.2, 0.25) is 0 Å². The third-order valence-corrected chi connectivity index (χ3v) is 3.01. The van der Waals surface area contributed by atoms with Crippen LogP contribution in [0, 0.1) is 0 Å². The van der Waals surface area contributed by atoms with Crippen molar-refractivity contribution in [3.05, 3.63) is 30.1 Å². The summed E-state index contributed by atoms with van der Waals surface area (Å²) >= 11 is 0. The summed E-state index contributed by atoms with van der Waals surface area (Å²) in [6, 6.07) is 3.44. The number of urea groups is 1. The fourth-order valence-electron chi connectivity index (χ4n) is 1.78. The number of ether oxygens (including phenoxy) is 1. The molecule has 7 nitrogen and oxygen atoms in total. The van der Waals surface area contributed by atoms with Crippen molar-refractivity contribution in [3.63, 3.8) is 0 Å². The first-order valence-corrected chi connectivity index (χ1v) is 6.73. The largest absolute Gasteiger partial charge is 0.481 e. The number of nitrogens with one attached hydrogen (secondary N) is 1. The molecule has 0 aliphatic rings. The van der Waals surface area contributed by atoms with Crippen LogP contribution in [-0.2, 0) is 16.1 Å². The van der Waals surface area contributed by atoms with Crippen molar-refractivity contribution >= 4 is 12.0 Å². The number of aliphatic carboxylic acids is 1. The van der Waals surface area contributed by atoms with E-state index in [0.717, 1.165) is 5.56 Å². The Hall–Kier alpha value is -2.15. The summed E-state index contributed by atoms with van der Waals surface area (Å²) in [5.41, 5.74) is 0.982. The zero-order chi connectivity index (χ0) is 15.7. The molecule has 0 saturated carbocycles. The van der Waals surface area contributed by atoms with E-state index in [1.165, 1.54) is 7.11 Å². The number of rotatable bonds is 8. The molecule has 21 heavy (non-hydrogen) atoms. The number of nitrogens with zero attached hydrogens (tertiary/aromatic N) is 2. The van der Waals surface area contributed by atoms with Crippen LogP contribution in [0.5, 0.6) is 0 Å². The lowest BCUT2D eigenvalue weighted by atomic mass is 10.2. The van der Waals surface area contributed by atoms with Gasteiger partial charge in [0, 0.05) is 39.1 Å². The molecular formula is C14H21N3O4. The highest BCUT2D eigenvalue weighted by molar-refractivity contribution is 5.74. The van der Waals surface area contributed by atoms with Crippen molar-refractivity contribution in [1.82, 2.24) is 15.2 Å². The molecule has 2 N–H and O–H groups in total. The molecule has 0 radical (unpaired) electrons. The number of carboxylic acid groups (broad SMARTS) is 1. The topological polar surface area (TPSA) is 91.8 Å². The Bertz CT molecular complexity index is 453. The van der Waals surface area contributed by atoms with Crippen LogP contribution in [-0.4, -0.2) is 53.3 Å². The Labute approximate surface area is 123 Å². The second kappa shape index (κ2) is 8.91. The van der Waals surface area contributed by atoms with Gasteiger partial charge in [-0.05, 0) is 24.6 Å². The minimum atomic E-state index is -0.958. The summed E-state index contributed by atoms with van der Waals surface area (Å²) in [4.78, 5) is 28.3. The van der Waals surface area contributed by atoms with Gasteiger partial charge in [-0.25, -0.2) is 4.79 Å². The zero-order valence-corrected chi connectivity index (χ0v) is 12.3. The van der Waals surface area contributed by atoms with E-state index in [4.69, 9.17) is 9.84 Å². The Morgan fingerprint density at radius 3 is 2.62 bits per heavy atom. The Kier molecular flexibility index (Phi) is 7.17. The van der Waals surface area contributed by atoms with Crippen LogP contribution < -0.4 is 5.32 Å². The summed E-state index contributed by atoms with van der Waals surface area (Å²) in [7, 11) is 1.42. The van der Waals surface area contributed by atoms with Gasteiger partial charge >= 0.3 is 12.0 Å². The first-order chi connectivity index (χ1) is 10.1. The van der Waals surface area contributed by atoms with Crippen molar-refractivity contribution in [2.75, 3.05) is 20.2 Å². The van der Waals surface area contributed by atoms with E-state index in [-0.39, 0.29) is 19.0 Å². The molecule has 0 saturated heterocycles. The first kappa shape index (κ1) is 16.9. The molecule has 1 atom stereocenters. The van der Waals surface area contributed by atoms with E-state index in [9.17, 15) is 9.59 Å². The Morgan fingerprint density at radius 1 is 1.43 bits per heavy atom. The summed E-state index contributed by atoms with van der Waals surface area (Å²) in [5.74, 6) is -0.958. The molecule has 1 unspecified atom stereocenters. The number of hydrogen-bond donors (Lipinski definition) is 2. The predicted octanol–water partition coefficient (Wildman–Crippen LogP) is 1.10. The maximum atomic E-state index is 12.1. The fourth-order valence-corrected chi connectivity index (χ4v) is 1.78. The maximum Gasteiger partial charge on any atom is 0.317 e. The predicted molar refractivity (Wildman–Crippen MR) is 76.8 cm³/mol. The zero-order valence-electron chi connectivity index (χ0n) is 12.3. The second-order valence-corrected chi connectivity index (χ2v) is 4.51. The fraction of sp³-hybridized carbons (Fsp3) is 0.500. The molecule has 0 fully saturated rings. The minimum Gasteiger partial charge on any atom is -0.481 e. The SMILES string of the molecule is CCN(Cc1ccncc1)C(=O)NCC(CC(=O)O)OC. The van der Waals surface area contributed by atoms with Gasteiger partial charge < -0.3 is 20.1 Å². The van der Waals surface area contributed by atoms with Gasteiger partial charge in [-0.2, -0.15) is 0 Å². The minimum absolute atomic E-state index is 0.146. The number of methoxy groups -OCH3 is 1. The van der Waals surface area contributed by atoms with Crippen LogP contribution in [0.15, 0.2) is 24.5 Å². The van der Waals surface area contributed by atoms with Crippen molar-refractivity contribution in [1.29, 1.82) is 0 Å². The number of amides is 2. The lowest BCUT2D eigenvalue weighted by Gasteiger charge is -2.23. The van der Waals surface area contributed by atoms with Gasteiger partial charge in [0.1, 0.15) is 0 Å². The Balaban J connectivity index is 2.49. The van der Waals surface area contributed by atoms with Crippen LogP contribution >= 0.6 is 0 Å². The van der Waals surface area contributed by atoms with E-state index in [0.29, 0.717) is 13.1 Å². The van der Waals surface area contributed by atoms with Crippen LogP contribution in [0.3, 0.4) is 0 Å². The summed E-state index contributed by atoms with van der Waals surface area (Å²) in [5, 5.41) is 11.4. The molecule has 0 spiro atoms. The molecule has 116 valence electrons. The molecule has 1 aromatic heterocycles. The summed E-state index contributed by atoms with van der Waals surface area (Å²) in [6.07, 6.45) is 2.67. The molecule has 7 heteroatoms. The van der Waals surface area contributed by atoms with Crippen molar-refractivity contribution in [2.24, 2.45) is 0 Å². The van der Waals surface area contributed by atoms with Gasteiger partial charge in [0.05, 0.1) is 12.5 Å². The molecule has 1 heterocycles. The molecule has 0 aliphatic heterocycles. The molecule has 0 bridgehead atoms. The van der Waals surface area contributed by atoms with Crippen molar-refractivity contribution in [3.8, 4) is 0 Å². The lowest BCUT2D eigenvalue weighted by Crippen LogP contribution is -2.43. The summed E-state index contributed by atoms with van der Waals surface area (Å²) in [6.45, 7) is 3.06. The van der Waals surface area contributed by atoms with E-state index < -0.39 is 12.1 Å². The molecule has 0 aliphatic carbocycles. The van der Waals surface area contributed by atoms with Gasteiger partial charge in [-0.1, -0.05) is 0 Å². The number of carbonyl (C=O) groups excluding carboxylic acids is 1. The average Bonchev–Trinajstić information content (AvgIpc) is 2.49. The van der Waals surface area contributed by atoms with E-state index in [2.05, 4.69) is 10.3 Å². The molecular weight excluding hydrogens is 274 g/mol. The number of hydrogen-bond acceptors (Lipinski definition) is 4. The van der Waals surface area contributed by atoms with Crippen LogP contribution in [0.25, 0.3) is 0 Å². The van der Waals surface area contributed by atoms with Crippen LogP contribution in [0.2, 0.25) is 0 Å². The monoisotopic (exact) mass is 295 g/mol. The standard InChI is InChI=1S/C14H21N3O4/c1-3-17(10-11-4-6-15-7-5-11)14(20)16-9-12(21-2)8-13(18)19/h4-7,12H,3,8-10H2,1-2H3,(H,16,20)(H,18,19). The second-order valence-electron chi connectivity index (χ2n) is 4.51. The lowest BCUT2D eigenvalue weighted by molar-refractivity contribution is -0.139.